The molecule has 1 aliphatic rings. The van der Waals surface area contributed by atoms with Crippen LogP contribution in [-0.4, -0.2) is 11.7 Å². The van der Waals surface area contributed by atoms with Gasteiger partial charge in [0.25, 0.3) is 0 Å². The van der Waals surface area contributed by atoms with E-state index in [0.29, 0.717) is 0 Å². The van der Waals surface area contributed by atoms with E-state index < -0.39 is 0 Å². The molecule has 3 aromatic carbocycles. The van der Waals surface area contributed by atoms with E-state index in [9.17, 15) is 0 Å². The highest BCUT2D eigenvalue weighted by molar-refractivity contribution is 8.04. The Labute approximate surface area is 171 Å². The number of benzene rings is 3. The third-order valence-electron chi connectivity index (χ3n) is 3.92. The molecule has 1 aliphatic heterocycles. The van der Waals surface area contributed by atoms with Crippen LogP contribution in [0.1, 0.15) is 33.3 Å². The minimum absolute atomic E-state index is 0.0535. The summed E-state index contributed by atoms with van der Waals surface area (Å²) < 4.78 is 0. The Bertz CT molecular complexity index is 782. The molecule has 0 radical (unpaired) electrons. The van der Waals surface area contributed by atoms with E-state index in [2.05, 4.69) is 72.8 Å². The van der Waals surface area contributed by atoms with Crippen LogP contribution in [-0.2, 0) is 17.3 Å². The maximum absolute atomic E-state index is 9.10. The molecule has 0 fully saturated rings. The highest BCUT2D eigenvalue weighted by Crippen LogP contribution is 2.47. The highest BCUT2D eigenvalue weighted by Gasteiger charge is 2.37. The largest absolute Gasteiger partial charge is 0.396 e. The zero-order valence-electron chi connectivity index (χ0n) is 16.6. The van der Waals surface area contributed by atoms with Gasteiger partial charge in [-0.15, -0.1) is 0 Å². The molecule has 4 rings (SSSR count). The minimum Gasteiger partial charge on any atom is -0.396 e. The number of aliphatic hydroxyl groups excluding tert-OH is 1. The van der Waals surface area contributed by atoms with Crippen molar-refractivity contribution in [3.05, 3.63) is 78.4 Å². The topological polar surface area (TPSA) is 20.2 Å². The molecule has 0 unspecified atom stereocenters. The van der Waals surface area contributed by atoms with Crippen molar-refractivity contribution in [3.63, 3.8) is 0 Å². The number of aliphatic hydroxyl groups is 1. The van der Waals surface area contributed by atoms with Gasteiger partial charge in [-0.3, -0.25) is 0 Å². The summed E-state index contributed by atoms with van der Waals surface area (Å²) >= 11 is 1.87. The SMILES string of the molecule is CC.CC.OCCc1ccc([S+]2c3ccccc3Sc3ccccc32)cc1. The summed E-state index contributed by atoms with van der Waals surface area (Å²) in [6.45, 7) is 8.20. The van der Waals surface area contributed by atoms with E-state index in [1.165, 1.54) is 30.0 Å². The lowest BCUT2D eigenvalue weighted by molar-refractivity contribution is 0.299. The Kier molecular flexibility index (Phi) is 8.99. The molecule has 1 heterocycles. The molecule has 0 saturated heterocycles. The normalized spacial score (nSPS) is 11.9. The third kappa shape index (κ3) is 4.98. The summed E-state index contributed by atoms with van der Waals surface area (Å²) in [6.07, 6.45) is 0.719. The van der Waals surface area contributed by atoms with Crippen molar-refractivity contribution in [1.29, 1.82) is 0 Å². The fourth-order valence-corrected chi connectivity index (χ4v) is 6.56. The lowest BCUT2D eigenvalue weighted by atomic mass is 10.2. The monoisotopic (exact) mass is 397 g/mol. The van der Waals surface area contributed by atoms with Crippen LogP contribution in [0.5, 0.6) is 0 Å². The van der Waals surface area contributed by atoms with E-state index in [0.717, 1.165) is 6.42 Å². The van der Waals surface area contributed by atoms with E-state index >= 15 is 0 Å². The van der Waals surface area contributed by atoms with Gasteiger partial charge in [-0.1, -0.05) is 75.9 Å². The van der Waals surface area contributed by atoms with E-state index in [4.69, 9.17) is 5.11 Å². The molecule has 1 N–H and O–H groups in total. The second-order valence-electron chi connectivity index (χ2n) is 5.42. The first-order chi connectivity index (χ1) is 13.4. The van der Waals surface area contributed by atoms with Crippen LogP contribution in [0.2, 0.25) is 0 Å². The predicted molar refractivity (Wildman–Crippen MR) is 119 cm³/mol. The zero-order chi connectivity index (χ0) is 19.6. The van der Waals surface area contributed by atoms with E-state index in [1.54, 1.807) is 0 Å². The lowest BCUT2D eigenvalue weighted by Crippen LogP contribution is -2.10. The maximum Gasteiger partial charge on any atom is 0.180 e. The van der Waals surface area contributed by atoms with Gasteiger partial charge >= 0.3 is 0 Å². The standard InChI is InChI=1S/C20H17OS2.2C2H6/c21-14-13-15-9-11-16(12-10-15)23-19-7-3-1-5-17(19)22-18-6-2-4-8-20(18)23;2*1-2/h1-12,21H,13-14H2;2*1-2H3/q+1;;. The Morgan fingerprint density at radius 2 is 1.19 bits per heavy atom. The van der Waals surface area contributed by atoms with E-state index in [1.807, 2.05) is 39.5 Å². The second kappa shape index (κ2) is 11.2. The van der Waals surface area contributed by atoms with Gasteiger partial charge in [0.15, 0.2) is 14.7 Å². The Morgan fingerprint density at radius 1 is 0.704 bits per heavy atom. The maximum atomic E-state index is 9.10. The Balaban J connectivity index is 0.000000614. The number of hydrogen-bond donors (Lipinski definition) is 1. The van der Waals surface area contributed by atoms with E-state index in [-0.39, 0.29) is 17.5 Å². The summed E-state index contributed by atoms with van der Waals surface area (Å²) in [6, 6.07) is 26.2. The molecule has 0 aliphatic carbocycles. The molecule has 3 heteroatoms. The van der Waals surface area contributed by atoms with Crippen molar-refractivity contribution in [1.82, 2.24) is 0 Å². The first-order valence-corrected chi connectivity index (χ1v) is 11.7. The van der Waals surface area contributed by atoms with Crippen molar-refractivity contribution < 1.29 is 5.11 Å². The molecule has 0 aromatic heterocycles. The lowest BCUT2D eigenvalue weighted by Gasteiger charge is -2.18. The van der Waals surface area contributed by atoms with Gasteiger partial charge in [0.05, 0.1) is 9.79 Å². The van der Waals surface area contributed by atoms with Crippen LogP contribution in [0.15, 0.2) is 97.3 Å². The van der Waals surface area contributed by atoms with Crippen molar-refractivity contribution in [3.8, 4) is 0 Å². The quantitative estimate of drug-likeness (QED) is 0.382. The Hall–Kier alpha value is -1.68. The first kappa shape index (κ1) is 21.6. The first-order valence-electron chi connectivity index (χ1n) is 9.67. The average molecular weight is 398 g/mol. The molecule has 142 valence electrons. The summed E-state index contributed by atoms with van der Waals surface area (Å²) in [7, 11) is -0.0535. The van der Waals surface area contributed by atoms with Gasteiger partial charge in [-0.25, -0.2) is 0 Å². The molecular formula is C24H29OS2+. The summed E-state index contributed by atoms with van der Waals surface area (Å²) in [4.78, 5) is 6.87. The third-order valence-corrected chi connectivity index (χ3v) is 7.66. The minimum atomic E-state index is -0.0535. The molecule has 0 bridgehead atoms. The molecule has 0 atom stereocenters. The smallest absolute Gasteiger partial charge is 0.180 e. The zero-order valence-corrected chi connectivity index (χ0v) is 18.2. The van der Waals surface area contributed by atoms with Crippen LogP contribution in [0.3, 0.4) is 0 Å². The summed E-state index contributed by atoms with van der Waals surface area (Å²) in [5.74, 6) is 0. The van der Waals surface area contributed by atoms with Crippen LogP contribution >= 0.6 is 11.8 Å². The van der Waals surface area contributed by atoms with Gasteiger partial charge in [-0.05, 0) is 48.4 Å². The molecule has 1 nitrogen and oxygen atoms in total. The van der Waals surface area contributed by atoms with Crippen LogP contribution in [0.25, 0.3) is 0 Å². The summed E-state index contributed by atoms with van der Waals surface area (Å²) in [5.41, 5.74) is 1.19. The number of rotatable bonds is 3. The number of hydrogen-bond acceptors (Lipinski definition) is 2. The van der Waals surface area contributed by atoms with Gasteiger partial charge in [-0.2, -0.15) is 0 Å². The van der Waals surface area contributed by atoms with Gasteiger partial charge < -0.3 is 5.11 Å². The van der Waals surface area contributed by atoms with Crippen LogP contribution in [0.4, 0.5) is 0 Å². The van der Waals surface area contributed by atoms with Crippen molar-refractivity contribution in [2.45, 2.75) is 58.6 Å². The van der Waals surface area contributed by atoms with Gasteiger partial charge in [0.1, 0.15) is 10.9 Å². The van der Waals surface area contributed by atoms with Gasteiger partial charge in [0, 0.05) is 6.61 Å². The van der Waals surface area contributed by atoms with Crippen LogP contribution in [0, 0.1) is 0 Å². The molecule has 0 saturated carbocycles. The van der Waals surface area contributed by atoms with Crippen molar-refractivity contribution >= 4 is 22.7 Å². The van der Waals surface area contributed by atoms with Gasteiger partial charge in [0.2, 0.25) is 0 Å². The van der Waals surface area contributed by atoms with Crippen molar-refractivity contribution in [2.75, 3.05) is 6.61 Å². The highest BCUT2D eigenvalue weighted by atomic mass is 32.2. The van der Waals surface area contributed by atoms with Crippen LogP contribution < -0.4 is 0 Å². The van der Waals surface area contributed by atoms with Crippen molar-refractivity contribution in [2.24, 2.45) is 0 Å². The second-order valence-corrected chi connectivity index (χ2v) is 8.47. The number of fused-ring (bicyclic) bond motifs is 2. The molecular weight excluding hydrogens is 368 g/mol. The molecule has 3 aromatic rings. The fraction of sp³-hybridized carbons (Fsp3) is 0.250. The average Bonchev–Trinajstić information content (AvgIpc) is 2.76. The summed E-state index contributed by atoms with van der Waals surface area (Å²) in [5, 5.41) is 9.10. The fourth-order valence-electron chi connectivity index (χ4n) is 2.82. The molecule has 0 amide bonds. The Morgan fingerprint density at radius 3 is 1.67 bits per heavy atom. The predicted octanol–water partition coefficient (Wildman–Crippen LogP) is 6.83. The molecule has 0 spiro atoms. The molecule has 27 heavy (non-hydrogen) atoms.